The van der Waals surface area contributed by atoms with Crippen LogP contribution in [0.1, 0.15) is 49.5 Å². The zero-order chi connectivity index (χ0) is 20.4. The largest absolute Gasteiger partial charge is 0.478 e. The SMILES string of the molecule is O=C(O)c1cc(C(=O)C2CCS(=O)CC2)cc(F)c1C(=O)c1ccc(Cl)cc1. The molecule has 1 heterocycles. The Labute approximate surface area is 168 Å². The van der Waals surface area contributed by atoms with Gasteiger partial charge in [-0.3, -0.25) is 13.8 Å². The first-order chi connectivity index (χ1) is 13.3. The van der Waals surface area contributed by atoms with Gasteiger partial charge in [0.25, 0.3) is 0 Å². The van der Waals surface area contributed by atoms with Crippen molar-refractivity contribution in [1.29, 1.82) is 0 Å². The number of halogens is 2. The van der Waals surface area contributed by atoms with E-state index in [1.807, 2.05) is 0 Å². The number of hydrogen-bond acceptors (Lipinski definition) is 4. The van der Waals surface area contributed by atoms with Crippen LogP contribution in [0.2, 0.25) is 5.02 Å². The standard InChI is InChI=1S/C20H16ClFO5S/c21-14-3-1-11(2-4-14)19(24)17-15(20(25)26)9-13(10-16(17)22)18(23)12-5-7-28(27)8-6-12/h1-4,9-10,12H,5-8H2,(H,25,26). The zero-order valence-corrected chi connectivity index (χ0v) is 16.2. The lowest BCUT2D eigenvalue weighted by Gasteiger charge is -2.20. The Morgan fingerprint density at radius 2 is 1.64 bits per heavy atom. The summed E-state index contributed by atoms with van der Waals surface area (Å²) in [6.07, 6.45) is 0.807. The number of carbonyl (C=O) groups is 3. The van der Waals surface area contributed by atoms with E-state index in [-0.39, 0.29) is 11.1 Å². The van der Waals surface area contributed by atoms with Crippen molar-refractivity contribution in [1.82, 2.24) is 0 Å². The minimum absolute atomic E-state index is 0.0830. The van der Waals surface area contributed by atoms with E-state index in [2.05, 4.69) is 0 Å². The van der Waals surface area contributed by atoms with Crippen molar-refractivity contribution in [3.63, 3.8) is 0 Å². The first-order valence-corrected chi connectivity index (χ1v) is 10.4. The summed E-state index contributed by atoms with van der Waals surface area (Å²) in [6, 6.07) is 7.58. The molecule has 0 aliphatic carbocycles. The summed E-state index contributed by atoms with van der Waals surface area (Å²) in [4.78, 5) is 37.0. The molecule has 5 nitrogen and oxygen atoms in total. The highest BCUT2D eigenvalue weighted by atomic mass is 35.5. The first kappa shape index (κ1) is 20.4. The van der Waals surface area contributed by atoms with Crippen LogP contribution in [-0.2, 0) is 10.8 Å². The van der Waals surface area contributed by atoms with E-state index in [0.29, 0.717) is 29.4 Å². The number of rotatable bonds is 5. The Morgan fingerprint density at radius 1 is 1.04 bits per heavy atom. The van der Waals surface area contributed by atoms with Gasteiger partial charge < -0.3 is 5.11 Å². The molecule has 0 spiro atoms. The average Bonchev–Trinajstić information content (AvgIpc) is 2.67. The second-order valence-electron chi connectivity index (χ2n) is 6.51. The number of ketones is 2. The molecule has 2 aromatic rings. The molecule has 0 saturated carbocycles. The molecule has 0 amide bonds. The molecule has 0 aromatic heterocycles. The van der Waals surface area contributed by atoms with Gasteiger partial charge in [-0.25, -0.2) is 9.18 Å². The van der Waals surface area contributed by atoms with Gasteiger partial charge in [-0.05, 0) is 49.2 Å². The van der Waals surface area contributed by atoms with Crippen molar-refractivity contribution in [2.75, 3.05) is 11.5 Å². The average molecular weight is 423 g/mol. The van der Waals surface area contributed by atoms with Crippen molar-refractivity contribution in [2.45, 2.75) is 12.8 Å². The van der Waals surface area contributed by atoms with Crippen molar-refractivity contribution in [3.8, 4) is 0 Å². The summed E-state index contributed by atoms with van der Waals surface area (Å²) >= 11 is 5.78. The minimum Gasteiger partial charge on any atom is -0.478 e. The molecule has 1 saturated heterocycles. The van der Waals surface area contributed by atoms with Crippen LogP contribution in [0.5, 0.6) is 0 Å². The van der Waals surface area contributed by atoms with Crippen LogP contribution in [0.4, 0.5) is 4.39 Å². The second kappa shape index (κ2) is 8.32. The molecule has 0 radical (unpaired) electrons. The van der Waals surface area contributed by atoms with Crippen LogP contribution in [0, 0.1) is 11.7 Å². The van der Waals surface area contributed by atoms with Crippen LogP contribution in [0.15, 0.2) is 36.4 Å². The lowest BCUT2D eigenvalue weighted by atomic mass is 9.89. The third-order valence-electron chi connectivity index (χ3n) is 4.70. The van der Waals surface area contributed by atoms with Gasteiger partial charge in [0.2, 0.25) is 0 Å². The van der Waals surface area contributed by atoms with E-state index in [1.165, 1.54) is 24.3 Å². The van der Waals surface area contributed by atoms with E-state index in [1.54, 1.807) is 0 Å². The second-order valence-corrected chi connectivity index (χ2v) is 8.64. The molecule has 8 heteroatoms. The summed E-state index contributed by atoms with van der Waals surface area (Å²) in [7, 11) is -0.957. The minimum atomic E-state index is -1.50. The first-order valence-electron chi connectivity index (χ1n) is 8.54. The van der Waals surface area contributed by atoms with Gasteiger partial charge in [-0.15, -0.1) is 0 Å². The van der Waals surface area contributed by atoms with Gasteiger partial charge in [0.1, 0.15) is 5.82 Å². The molecule has 3 rings (SSSR count). The summed E-state index contributed by atoms with van der Waals surface area (Å²) < 4.78 is 26.2. The van der Waals surface area contributed by atoms with E-state index >= 15 is 0 Å². The Kier molecular flexibility index (Phi) is 6.05. The fraction of sp³-hybridized carbons (Fsp3) is 0.250. The van der Waals surface area contributed by atoms with E-state index in [9.17, 15) is 28.1 Å². The van der Waals surface area contributed by atoms with Crippen LogP contribution in [0.3, 0.4) is 0 Å². The Bertz CT molecular complexity index is 977. The van der Waals surface area contributed by atoms with E-state index < -0.39 is 51.2 Å². The quantitative estimate of drug-likeness (QED) is 0.741. The molecule has 146 valence electrons. The number of benzene rings is 2. The molecular weight excluding hydrogens is 407 g/mol. The Morgan fingerprint density at radius 3 is 2.21 bits per heavy atom. The molecule has 1 aliphatic heterocycles. The van der Waals surface area contributed by atoms with Crippen LogP contribution >= 0.6 is 11.6 Å². The molecule has 1 aliphatic rings. The number of hydrogen-bond donors (Lipinski definition) is 1. The number of Topliss-reactive ketones (excluding diaryl/α,β-unsaturated/α-hetero) is 1. The van der Waals surface area contributed by atoms with Gasteiger partial charge in [0.05, 0.1) is 11.1 Å². The van der Waals surface area contributed by atoms with Gasteiger partial charge >= 0.3 is 5.97 Å². The van der Waals surface area contributed by atoms with Gasteiger partial charge in [0.15, 0.2) is 11.6 Å². The van der Waals surface area contributed by atoms with Crippen LogP contribution in [-0.4, -0.2) is 38.4 Å². The molecule has 1 fully saturated rings. The lowest BCUT2D eigenvalue weighted by molar-refractivity contribution is 0.0692. The van der Waals surface area contributed by atoms with Crippen molar-refractivity contribution in [2.24, 2.45) is 5.92 Å². The molecule has 0 unspecified atom stereocenters. The van der Waals surface area contributed by atoms with Crippen molar-refractivity contribution < 1.29 is 28.1 Å². The van der Waals surface area contributed by atoms with Gasteiger partial charge in [0, 0.05) is 44.4 Å². The predicted molar refractivity (Wildman–Crippen MR) is 103 cm³/mol. The highest BCUT2D eigenvalue weighted by Gasteiger charge is 2.29. The number of carboxylic acids is 1. The highest BCUT2D eigenvalue weighted by molar-refractivity contribution is 7.85. The molecule has 1 N–H and O–H groups in total. The summed E-state index contributed by atoms with van der Waals surface area (Å²) in [5, 5.41) is 9.87. The van der Waals surface area contributed by atoms with Crippen LogP contribution < -0.4 is 0 Å². The summed E-state index contributed by atoms with van der Waals surface area (Å²) in [5.74, 6) is -3.44. The summed E-state index contributed by atoms with van der Waals surface area (Å²) in [5.41, 5.74) is -1.18. The lowest BCUT2D eigenvalue weighted by Crippen LogP contribution is -2.26. The third-order valence-corrected chi connectivity index (χ3v) is 6.33. The molecule has 28 heavy (non-hydrogen) atoms. The van der Waals surface area contributed by atoms with Crippen molar-refractivity contribution >= 4 is 39.9 Å². The molecule has 0 bridgehead atoms. The van der Waals surface area contributed by atoms with Gasteiger partial charge in [-0.1, -0.05) is 11.6 Å². The number of carboxylic acid groups (broad SMARTS) is 1. The zero-order valence-electron chi connectivity index (χ0n) is 14.6. The number of carbonyl (C=O) groups excluding carboxylic acids is 2. The molecular formula is C20H16ClFO5S. The van der Waals surface area contributed by atoms with Crippen LogP contribution in [0.25, 0.3) is 0 Å². The molecule has 2 aromatic carbocycles. The summed E-state index contributed by atoms with van der Waals surface area (Å²) in [6.45, 7) is 0. The highest BCUT2D eigenvalue weighted by Crippen LogP contribution is 2.26. The predicted octanol–water partition coefficient (Wildman–Crippen LogP) is 3.75. The smallest absolute Gasteiger partial charge is 0.336 e. The third kappa shape index (κ3) is 4.20. The Balaban J connectivity index is 2.00. The van der Waals surface area contributed by atoms with Crippen molar-refractivity contribution in [3.05, 3.63) is 69.5 Å². The maximum atomic E-state index is 14.8. The van der Waals surface area contributed by atoms with Gasteiger partial charge in [-0.2, -0.15) is 0 Å². The fourth-order valence-corrected chi connectivity index (χ4v) is 4.61. The van der Waals surface area contributed by atoms with E-state index in [0.717, 1.165) is 12.1 Å². The fourth-order valence-electron chi connectivity index (χ4n) is 3.19. The monoisotopic (exact) mass is 422 g/mol. The topological polar surface area (TPSA) is 88.5 Å². The number of aromatic carboxylic acids is 1. The van der Waals surface area contributed by atoms with E-state index in [4.69, 9.17) is 11.6 Å². The molecule has 0 atom stereocenters. The Hall–Kier alpha value is -2.38. The maximum Gasteiger partial charge on any atom is 0.336 e. The normalized spacial score (nSPS) is 19.2. The maximum absolute atomic E-state index is 14.8.